The van der Waals surface area contributed by atoms with Gasteiger partial charge in [0.05, 0.1) is 20.8 Å². The summed E-state index contributed by atoms with van der Waals surface area (Å²) in [5.41, 5.74) is 1.06. The fourth-order valence-corrected chi connectivity index (χ4v) is 5.33. The van der Waals surface area contributed by atoms with Gasteiger partial charge in [-0.25, -0.2) is 9.59 Å². The van der Waals surface area contributed by atoms with Crippen LogP contribution >= 0.6 is 0 Å². The maximum absolute atomic E-state index is 13.4. The maximum Gasteiger partial charge on any atom is 0.331 e. The Morgan fingerprint density at radius 2 is 1.14 bits per heavy atom. The van der Waals surface area contributed by atoms with Crippen molar-refractivity contribution in [2.75, 3.05) is 20.8 Å². The van der Waals surface area contributed by atoms with Crippen LogP contribution in [0.15, 0.2) is 60.7 Å². The summed E-state index contributed by atoms with van der Waals surface area (Å²) in [7, 11) is 2.80. The number of ketones is 1. The third-order valence-corrected chi connectivity index (χ3v) is 8.26. The monoisotopic (exact) mass is 708 g/mol. The van der Waals surface area contributed by atoms with Gasteiger partial charge in [-0.2, -0.15) is 0 Å². The second-order valence-electron chi connectivity index (χ2n) is 12.3. The molecule has 0 aliphatic carbocycles. The molecule has 0 aliphatic rings. The van der Waals surface area contributed by atoms with Gasteiger partial charge in [0, 0.05) is 18.6 Å². The minimum Gasteiger partial charge on any atom is -0.504 e. The average molecular weight is 709 g/mol. The number of hydrogen-bond acceptors (Lipinski definition) is 10. The van der Waals surface area contributed by atoms with Gasteiger partial charge < -0.3 is 34.3 Å². The zero-order valence-corrected chi connectivity index (χ0v) is 30.4. The van der Waals surface area contributed by atoms with E-state index in [9.17, 15) is 29.7 Å². The summed E-state index contributed by atoms with van der Waals surface area (Å²) in [5.74, 6) is -1.93. The number of benzene rings is 2. The van der Waals surface area contributed by atoms with Crippen LogP contribution in [0.25, 0.3) is 12.2 Å². The van der Waals surface area contributed by atoms with E-state index in [1.165, 1.54) is 89.2 Å². The summed E-state index contributed by atoms with van der Waals surface area (Å²) in [4.78, 5) is 38.9. The van der Waals surface area contributed by atoms with E-state index in [0.29, 0.717) is 17.5 Å². The van der Waals surface area contributed by atoms with Crippen LogP contribution < -0.4 is 9.47 Å². The first-order valence-electron chi connectivity index (χ1n) is 18.0. The molecule has 0 aromatic heterocycles. The van der Waals surface area contributed by atoms with E-state index in [1.807, 2.05) is 0 Å². The molecule has 2 aromatic rings. The van der Waals surface area contributed by atoms with Crippen molar-refractivity contribution < 1.29 is 48.7 Å². The molecule has 0 saturated heterocycles. The quantitative estimate of drug-likeness (QED) is 0.0377. The van der Waals surface area contributed by atoms with Crippen molar-refractivity contribution in [3.05, 3.63) is 71.8 Å². The van der Waals surface area contributed by atoms with Crippen LogP contribution in [0.1, 0.15) is 108 Å². The van der Waals surface area contributed by atoms with Crippen LogP contribution in [0.3, 0.4) is 0 Å². The minimum atomic E-state index is -1.54. The van der Waals surface area contributed by atoms with Gasteiger partial charge in [0.2, 0.25) is 0 Å². The van der Waals surface area contributed by atoms with Gasteiger partial charge in [0.15, 0.2) is 41.0 Å². The SMILES string of the molecule is CCCCCCCCC=CCCCCCCCC(=O)C(OC(=O)C=Cc1ccc(O)c(OC)c1)C(CO)OC(=O)C=Cc1ccc(O)c(OC)c1. The molecule has 0 bridgehead atoms. The Labute approximate surface area is 302 Å². The number of aromatic hydroxyl groups is 2. The molecule has 0 aliphatic heterocycles. The number of phenols is 2. The number of methoxy groups -OCH3 is 2. The fourth-order valence-electron chi connectivity index (χ4n) is 5.33. The van der Waals surface area contributed by atoms with Crippen molar-refractivity contribution in [3.8, 4) is 23.0 Å². The molecule has 2 rings (SSSR count). The summed E-state index contributed by atoms with van der Waals surface area (Å²) in [5, 5.41) is 29.8. The second-order valence-corrected chi connectivity index (χ2v) is 12.3. The lowest BCUT2D eigenvalue weighted by Gasteiger charge is -2.24. The summed E-state index contributed by atoms with van der Waals surface area (Å²) in [6.07, 6.45) is 21.1. The number of unbranched alkanes of at least 4 members (excludes halogenated alkanes) is 11. The Morgan fingerprint density at radius 1 is 0.667 bits per heavy atom. The van der Waals surface area contributed by atoms with Gasteiger partial charge in [-0.1, -0.05) is 82.6 Å². The van der Waals surface area contributed by atoms with Crippen molar-refractivity contribution in [2.24, 2.45) is 0 Å². The van der Waals surface area contributed by atoms with E-state index in [2.05, 4.69) is 19.1 Å². The molecule has 10 heteroatoms. The number of phenolic OH excluding ortho intramolecular Hbond substituents is 2. The normalized spacial score (nSPS) is 12.7. The lowest BCUT2D eigenvalue weighted by atomic mass is 10.0. The molecule has 0 radical (unpaired) electrons. The number of carbonyl (C=O) groups is 3. The first kappa shape index (κ1) is 42.6. The van der Waals surface area contributed by atoms with Crippen LogP contribution in [0.5, 0.6) is 23.0 Å². The van der Waals surface area contributed by atoms with Crippen LogP contribution in [0.4, 0.5) is 0 Å². The number of rotatable bonds is 26. The Morgan fingerprint density at radius 3 is 1.63 bits per heavy atom. The van der Waals surface area contributed by atoms with Gasteiger partial charge >= 0.3 is 11.9 Å². The number of aliphatic hydroxyl groups excluding tert-OH is 1. The van der Waals surface area contributed by atoms with E-state index in [4.69, 9.17) is 18.9 Å². The summed E-state index contributed by atoms with van der Waals surface area (Å²) >= 11 is 0. The molecule has 2 atom stereocenters. The maximum atomic E-state index is 13.4. The Kier molecular flexibility index (Phi) is 21.2. The number of Topliss-reactive ketones (excluding diaryl/α,β-unsaturated/α-hetero) is 1. The van der Waals surface area contributed by atoms with Crippen LogP contribution in [0.2, 0.25) is 0 Å². The van der Waals surface area contributed by atoms with Crippen molar-refractivity contribution in [3.63, 3.8) is 0 Å². The van der Waals surface area contributed by atoms with Gasteiger partial charge in [0.25, 0.3) is 0 Å². The zero-order chi connectivity index (χ0) is 37.3. The Balaban J connectivity index is 1.96. The number of ether oxygens (including phenoxy) is 4. The third-order valence-electron chi connectivity index (χ3n) is 8.26. The van der Waals surface area contributed by atoms with E-state index >= 15 is 0 Å². The number of esters is 2. The highest BCUT2D eigenvalue weighted by molar-refractivity contribution is 5.92. The highest BCUT2D eigenvalue weighted by Gasteiger charge is 2.33. The van der Waals surface area contributed by atoms with Crippen molar-refractivity contribution in [2.45, 2.75) is 109 Å². The van der Waals surface area contributed by atoms with E-state index in [-0.39, 0.29) is 29.4 Å². The molecule has 3 N–H and O–H groups in total. The van der Waals surface area contributed by atoms with Crippen LogP contribution in [0, 0.1) is 0 Å². The molecule has 10 nitrogen and oxygen atoms in total. The highest BCUT2D eigenvalue weighted by Crippen LogP contribution is 2.28. The minimum absolute atomic E-state index is 0.0643. The molecule has 0 spiro atoms. The summed E-state index contributed by atoms with van der Waals surface area (Å²) in [6, 6.07) is 8.97. The Hall–Kier alpha value is -4.57. The zero-order valence-electron chi connectivity index (χ0n) is 30.4. The molecule has 280 valence electrons. The molecule has 0 heterocycles. The fraction of sp³-hybridized carbons (Fsp3) is 0.488. The van der Waals surface area contributed by atoms with E-state index in [0.717, 1.165) is 50.7 Å². The smallest absolute Gasteiger partial charge is 0.331 e. The Bertz CT molecular complexity index is 1430. The first-order valence-corrected chi connectivity index (χ1v) is 18.0. The molecule has 0 amide bonds. The number of aliphatic hydroxyl groups is 1. The predicted molar refractivity (Wildman–Crippen MR) is 199 cm³/mol. The van der Waals surface area contributed by atoms with Crippen LogP contribution in [-0.4, -0.2) is 66.1 Å². The predicted octanol–water partition coefficient (Wildman–Crippen LogP) is 8.26. The van der Waals surface area contributed by atoms with Gasteiger partial charge in [-0.3, -0.25) is 4.79 Å². The van der Waals surface area contributed by atoms with Crippen molar-refractivity contribution in [1.82, 2.24) is 0 Å². The lowest BCUT2D eigenvalue weighted by molar-refractivity contribution is -0.169. The standard InChI is InChI=1S/C41H56O10/c1-4-5-6-7-8-9-10-11-12-13-14-15-16-17-18-19-35(45)41(51-40(47)27-23-32-21-25-34(44)37(29-32)49-3)38(30-42)50-39(46)26-22-31-20-24-33(43)36(28-31)48-2/h11-12,20-29,38,41-44H,4-10,13-19,30H2,1-3H3. The topological polar surface area (TPSA) is 149 Å². The summed E-state index contributed by atoms with van der Waals surface area (Å²) in [6.45, 7) is 1.47. The molecule has 0 fully saturated rings. The van der Waals surface area contributed by atoms with E-state index < -0.39 is 36.5 Å². The van der Waals surface area contributed by atoms with Crippen molar-refractivity contribution >= 4 is 29.9 Å². The molecule has 2 unspecified atom stereocenters. The van der Waals surface area contributed by atoms with Gasteiger partial charge in [-0.15, -0.1) is 0 Å². The number of allylic oxidation sites excluding steroid dienone is 2. The largest absolute Gasteiger partial charge is 0.504 e. The highest BCUT2D eigenvalue weighted by atomic mass is 16.6. The molecule has 2 aromatic carbocycles. The molecule has 0 saturated carbocycles. The number of carbonyl (C=O) groups excluding carboxylic acids is 3. The first-order chi connectivity index (χ1) is 24.7. The molecule has 51 heavy (non-hydrogen) atoms. The van der Waals surface area contributed by atoms with Crippen molar-refractivity contribution in [1.29, 1.82) is 0 Å². The van der Waals surface area contributed by atoms with Gasteiger partial charge in [-0.05, 0) is 79.6 Å². The third kappa shape index (κ3) is 17.3. The molecular formula is C41H56O10. The average Bonchev–Trinajstić information content (AvgIpc) is 3.13. The number of hydrogen-bond donors (Lipinski definition) is 3. The van der Waals surface area contributed by atoms with Crippen LogP contribution in [-0.2, 0) is 23.9 Å². The van der Waals surface area contributed by atoms with Gasteiger partial charge in [0.1, 0.15) is 0 Å². The summed E-state index contributed by atoms with van der Waals surface area (Å²) < 4.78 is 21.0. The second kappa shape index (κ2) is 25.4. The van der Waals surface area contributed by atoms with E-state index in [1.54, 1.807) is 12.1 Å². The molecular weight excluding hydrogens is 652 g/mol. The lowest BCUT2D eigenvalue weighted by Crippen LogP contribution is -2.43.